The number of hydrogen-bond donors (Lipinski definition) is 2. The third-order valence-corrected chi connectivity index (χ3v) is 2.57. The van der Waals surface area contributed by atoms with E-state index in [0.717, 1.165) is 16.5 Å². The Morgan fingerprint density at radius 1 is 0.667 bits per heavy atom. The van der Waals surface area contributed by atoms with Gasteiger partial charge in [0.05, 0.1) is 0 Å². The molecule has 0 aliphatic rings. The molecule has 3 aromatic carbocycles. The quantitative estimate of drug-likeness (QED) is 0.584. The van der Waals surface area contributed by atoms with Crippen LogP contribution >= 0.6 is 0 Å². The van der Waals surface area contributed by atoms with E-state index in [1.807, 2.05) is 66.7 Å². The van der Waals surface area contributed by atoms with Gasteiger partial charge in [-0.1, -0.05) is 54.6 Å². The van der Waals surface area contributed by atoms with Crippen LogP contribution in [0.5, 0.6) is 5.75 Å². The maximum atomic E-state index is 9.37. The summed E-state index contributed by atoms with van der Waals surface area (Å²) in [7, 11) is 0. The van der Waals surface area contributed by atoms with E-state index in [0.29, 0.717) is 5.75 Å². The van der Waals surface area contributed by atoms with Gasteiger partial charge in [0.1, 0.15) is 5.75 Å². The zero-order valence-electron chi connectivity index (χ0n) is 9.95. The number of anilines is 1. The molecular weight excluding hydrogens is 222 g/mol. The van der Waals surface area contributed by atoms with Crippen molar-refractivity contribution in [2.75, 3.05) is 5.73 Å². The first-order valence-electron chi connectivity index (χ1n) is 5.74. The summed E-state index contributed by atoms with van der Waals surface area (Å²) >= 11 is 0. The summed E-state index contributed by atoms with van der Waals surface area (Å²) < 4.78 is 0. The number of aromatic hydroxyl groups is 1. The Morgan fingerprint density at radius 3 is 1.89 bits per heavy atom. The fourth-order valence-corrected chi connectivity index (χ4v) is 1.66. The van der Waals surface area contributed by atoms with Crippen molar-refractivity contribution in [1.29, 1.82) is 0 Å². The Hall–Kier alpha value is -2.48. The van der Waals surface area contributed by atoms with E-state index < -0.39 is 0 Å². The van der Waals surface area contributed by atoms with E-state index in [2.05, 4.69) is 0 Å². The van der Waals surface area contributed by atoms with Crippen LogP contribution in [0.4, 0.5) is 5.69 Å². The molecule has 0 fully saturated rings. The molecule has 0 radical (unpaired) electrons. The number of fused-ring (bicyclic) bond motifs is 1. The first kappa shape index (κ1) is 12.0. The maximum Gasteiger partial charge on any atom is 0.123 e. The van der Waals surface area contributed by atoms with E-state index in [1.165, 1.54) is 0 Å². The Labute approximate surface area is 106 Å². The highest BCUT2D eigenvalue weighted by molar-refractivity contribution is 5.87. The van der Waals surface area contributed by atoms with Crippen LogP contribution in [0.15, 0.2) is 72.8 Å². The van der Waals surface area contributed by atoms with Crippen molar-refractivity contribution in [3.8, 4) is 5.75 Å². The van der Waals surface area contributed by atoms with Gasteiger partial charge in [-0.2, -0.15) is 0 Å². The predicted octanol–water partition coefficient (Wildman–Crippen LogP) is 3.81. The first-order valence-corrected chi connectivity index (χ1v) is 5.74. The number of benzene rings is 3. The van der Waals surface area contributed by atoms with Gasteiger partial charge in [-0.3, -0.25) is 0 Å². The predicted molar refractivity (Wildman–Crippen MR) is 76.5 cm³/mol. The van der Waals surface area contributed by atoms with E-state index in [9.17, 15) is 5.11 Å². The van der Waals surface area contributed by atoms with Gasteiger partial charge in [-0.15, -0.1) is 0 Å². The summed E-state index contributed by atoms with van der Waals surface area (Å²) in [6.07, 6.45) is 0. The van der Waals surface area contributed by atoms with Crippen molar-refractivity contribution in [2.45, 2.75) is 0 Å². The van der Waals surface area contributed by atoms with Gasteiger partial charge in [-0.25, -0.2) is 0 Å². The number of nitrogen functional groups attached to an aromatic ring is 1. The molecule has 2 nitrogen and oxygen atoms in total. The molecule has 3 aromatic rings. The van der Waals surface area contributed by atoms with E-state index >= 15 is 0 Å². The minimum atomic E-state index is 0.350. The molecule has 90 valence electrons. The largest absolute Gasteiger partial charge is 0.507 e. The maximum absolute atomic E-state index is 9.37. The molecule has 2 heteroatoms. The summed E-state index contributed by atoms with van der Waals surface area (Å²) in [5.74, 6) is 0.350. The lowest BCUT2D eigenvalue weighted by Gasteiger charge is -1.97. The van der Waals surface area contributed by atoms with Crippen molar-refractivity contribution >= 4 is 16.5 Å². The highest BCUT2D eigenvalue weighted by Gasteiger charge is 1.94. The monoisotopic (exact) mass is 237 g/mol. The molecule has 3 rings (SSSR count). The Kier molecular flexibility index (Phi) is 3.82. The van der Waals surface area contributed by atoms with Gasteiger partial charge < -0.3 is 10.8 Å². The van der Waals surface area contributed by atoms with Crippen LogP contribution in [0.1, 0.15) is 0 Å². The second-order valence-corrected chi connectivity index (χ2v) is 3.91. The summed E-state index contributed by atoms with van der Waals surface area (Å²) in [5, 5.41) is 11.4. The lowest BCUT2D eigenvalue weighted by molar-refractivity contribution is 0.481. The van der Waals surface area contributed by atoms with Crippen molar-refractivity contribution in [2.24, 2.45) is 0 Å². The molecule has 0 unspecified atom stereocenters. The lowest BCUT2D eigenvalue weighted by Crippen LogP contribution is -1.79. The molecule has 0 saturated heterocycles. The molecule has 0 atom stereocenters. The minimum absolute atomic E-state index is 0.350. The average Bonchev–Trinajstić information content (AvgIpc) is 2.41. The fraction of sp³-hybridized carbons (Fsp3) is 0. The summed E-state index contributed by atoms with van der Waals surface area (Å²) in [5.41, 5.74) is 6.18. The van der Waals surface area contributed by atoms with Gasteiger partial charge in [-0.05, 0) is 23.6 Å². The number of phenols is 1. The van der Waals surface area contributed by atoms with Crippen LogP contribution in [0, 0.1) is 0 Å². The topological polar surface area (TPSA) is 46.2 Å². The van der Waals surface area contributed by atoms with E-state index in [1.54, 1.807) is 6.07 Å². The van der Waals surface area contributed by atoms with Crippen LogP contribution in [-0.4, -0.2) is 5.11 Å². The molecule has 0 aromatic heterocycles. The summed E-state index contributed by atoms with van der Waals surface area (Å²) in [6.45, 7) is 0. The summed E-state index contributed by atoms with van der Waals surface area (Å²) in [6, 6.07) is 22.8. The second kappa shape index (κ2) is 5.73. The third kappa shape index (κ3) is 3.01. The zero-order chi connectivity index (χ0) is 12.8. The summed E-state index contributed by atoms with van der Waals surface area (Å²) in [4.78, 5) is 0. The fourth-order valence-electron chi connectivity index (χ4n) is 1.66. The van der Waals surface area contributed by atoms with E-state index in [-0.39, 0.29) is 0 Å². The molecule has 0 aliphatic heterocycles. The Bertz CT molecular complexity index is 615. The van der Waals surface area contributed by atoms with Gasteiger partial charge in [0.2, 0.25) is 0 Å². The molecular formula is C16H15NO. The number of phenolic OH excluding ortho intramolecular Hbond substituents is 1. The van der Waals surface area contributed by atoms with Crippen LogP contribution in [0.25, 0.3) is 10.8 Å². The minimum Gasteiger partial charge on any atom is -0.507 e. The molecule has 0 spiro atoms. The average molecular weight is 237 g/mol. The highest BCUT2D eigenvalue weighted by Crippen LogP contribution is 2.22. The van der Waals surface area contributed by atoms with Gasteiger partial charge >= 0.3 is 0 Å². The number of hydrogen-bond acceptors (Lipinski definition) is 2. The molecule has 3 N–H and O–H groups in total. The lowest BCUT2D eigenvalue weighted by atomic mass is 10.1. The van der Waals surface area contributed by atoms with Crippen LogP contribution in [-0.2, 0) is 0 Å². The van der Waals surface area contributed by atoms with Crippen molar-refractivity contribution in [3.63, 3.8) is 0 Å². The number of rotatable bonds is 0. The Morgan fingerprint density at radius 2 is 1.28 bits per heavy atom. The number of para-hydroxylation sites is 1. The van der Waals surface area contributed by atoms with Crippen molar-refractivity contribution in [3.05, 3.63) is 72.8 Å². The molecule has 0 saturated carbocycles. The molecule has 0 amide bonds. The third-order valence-electron chi connectivity index (χ3n) is 2.57. The van der Waals surface area contributed by atoms with Crippen LogP contribution in [0.2, 0.25) is 0 Å². The molecule has 18 heavy (non-hydrogen) atoms. The van der Waals surface area contributed by atoms with Gasteiger partial charge in [0, 0.05) is 11.1 Å². The van der Waals surface area contributed by atoms with E-state index in [4.69, 9.17) is 5.73 Å². The highest BCUT2D eigenvalue weighted by atomic mass is 16.3. The smallest absolute Gasteiger partial charge is 0.123 e. The van der Waals surface area contributed by atoms with Gasteiger partial charge in [0.15, 0.2) is 0 Å². The SMILES string of the molecule is Nc1ccccc1.Oc1cccc2ccccc12. The van der Waals surface area contributed by atoms with Crippen molar-refractivity contribution in [1.82, 2.24) is 0 Å². The zero-order valence-corrected chi connectivity index (χ0v) is 9.95. The normalized spacial score (nSPS) is 9.56. The molecule has 0 aliphatic carbocycles. The Balaban J connectivity index is 0.000000149. The van der Waals surface area contributed by atoms with Crippen LogP contribution in [0.3, 0.4) is 0 Å². The molecule has 0 bridgehead atoms. The standard InChI is InChI=1S/C10H8O.C6H7N/c11-10-7-3-5-8-4-1-2-6-9(8)10;7-6-4-2-1-3-5-6/h1-7,11H;1-5H,7H2. The van der Waals surface area contributed by atoms with Gasteiger partial charge in [0.25, 0.3) is 0 Å². The second-order valence-electron chi connectivity index (χ2n) is 3.91. The number of nitrogens with two attached hydrogens (primary N) is 1. The van der Waals surface area contributed by atoms with Crippen LogP contribution < -0.4 is 5.73 Å². The molecule has 0 heterocycles. The first-order chi connectivity index (χ1) is 8.77. The van der Waals surface area contributed by atoms with Crippen molar-refractivity contribution < 1.29 is 5.11 Å².